The van der Waals surface area contributed by atoms with Gasteiger partial charge in [0.25, 0.3) is 0 Å². The van der Waals surface area contributed by atoms with Crippen molar-refractivity contribution in [3.8, 4) is 0 Å². The van der Waals surface area contributed by atoms with Gasteiger partial charge in [-0.05, 0) is 31.0 Å². The molecule has 0 unspecified atom stereocenters. The van der Waals surface area contributed by atoms with Gasteiger partial charge in [0.15, 0.2) is 5.78 Å². The Kier molecular flexibility index (Phi) is 3.53. The summed E-state index contributed by atoms with van der Waals surface area (Å²) in [7, 11) is 0. The summed E-state index contributed by atoms with van der Waals surface area (Å²) >= 11 is 5.88. The Bertz CT molecular complexity index is 361. The molecular weight excluding hydrogens is 198 g/mol. The van der Waals surface area contributed by atoms with Gasteiger partial charge in [-0.3, -0.25) is 4.79 Å². The molecule has 0 aliphatic heterocycles. The second-order valence-electron chi connectivity index (χ2n) is 3.36. The summed E-state index contributed by atoms with van der Waals surface area (Å²) in [6, 6.07) is 3.40. The van der Waals surface area contributed by atoms with Crippen LogP contribution in [-0.4, -0.2) is 5.78 Å². The van der Waals surface area contributed by atoms with Gasteiger partial charge < -0.3 is 5.73 Å². The Hall–Kier alpha value is -1.02. The van der Waals surface area contributed by atoms with Crippen molar-refractivity contribution in [2.45, 2.75) is 26.7 Å². The minimum absolute atomic E-state index is 0.0877. The number of aryl methyl sites for hydroxylation is 1. The summed E-state index contributed by atoms with van der Waals surface area (Å²) in [5, 5.41) is 0.607. The van der Waals surface area contributed by atoms with Crippen LogP contribution in [0, 0.1) is 6.92 Å². The lowest BCUT2D eigenvalue weighted by Gasteiger charge is -2.06. The van der Waals surface area contributed by atoms with Crippen molar-refractivity contribution >= 4 is 23.1 Å². The number of hydrogen-bond acceptors (Lipinski definition) is 2. The lowest BCUT2D eigenvalue weighted by molar-refractivity contribution is 0.0982. The number of rotatable bonds is 3. The smallest absolute Gasteiger partial charge is 0.164 e. The molecule has 1 rings (SSSR count). The van der Waals surface area contributed by atoms with Crippen molar-refractivity contribution in [2.24, 2.45) is 0 Å². The van der Waals surface area contributed by atoms with Crippen LogP contribution < -0.4 is 5.73 Å². The molecule has 0 aromatic heterocycles. The maximum Gasteiger partial charge on any atom is 0.164 e. The monoisotopic (exact) mass is 211 g/mol. The van der Waals surface area contributed by atoms with E-state index in [9.17, 15) is 4.79 Å². The Morgan fingerprint density at radius 1 is 1.50 bits per heavy atom. The first-order valence-corrected chi connectivity index (χ1v) is 5.03. The standard InChI is InChI=1S/C11H14ClNO/c1-3-4-11(14)8-5-7(2)9(12)6-10(8)13/h5-6H,3-4,13H2,1-2H3. The zero-order valence-corrected chi connectivity index (χ0v) is 9.19. The van der Waals surface area contributed by atoms with Crippen LogP contribution in [0.5, 0.6) is 0 Å². The summed E-state index contributed by atoms with van der Waals surface area (Å²) in [6.45, 7) is 3.83. The van der Waals surface area contributed by atoms with E-state index in [1.807, 2.05) is 13.8 Å². The molecule has 76 valence electrons. The largest absolute Gasteiger partial charge is 0.398 e. The van der Waals surface area contributed by atoms with Crippen LogP contribution >= 0.6 is 11.6 Å². The molecule has 2 N–H and O–H groups in total. The predicted molar refractivity (Wildman–Crippen MR) is 59.8 cm³/mol. The molecule has 0 amide bonds. The number of carbonyl (C=O) groups excluding carboxylic acids is 1. The van der Waals surface area contributed by atoms with E-state index in [0.29, 0.717) is 22.7 Å². The van der Waals surface area contributed by atoms with Gasteiger partial charge >= 0.3 is 0 Å². The Balaban J connectivity index is 3.09. The number of Topliss-reactive ketones (excluding diaryl/α,β-unsaturated/α-hetero) is 1. The van der Waals surface area contributed by atoms with Crippen LogP contribution in [0.3, 0.4) is 0 Å². The van der Waals surface area contributed by atoms with Gasteiger partial charge in [-0.1, -0.05) is 18.5 Å². The molecule has 0 aliphatic carbocycles. The fourth-order valence-electron chi connectivity index (χ4n) is 1.30. The first kappa shape index (κ1) is 11.1. The second kappa shape index (κ2) is 4.47. The number of anilines is 1. The predicted octanol–water partition coefficient (Wildman–Crippen LogP) is 3.21. The number of hydrogen-bond donors (Lipinski definition) is 1. The van der Waals surface area contributed by atoms with Crippen LogP contribution in [0.1, 0.15) is 35.7 Å². The highest BCUT2D eigenvalue weighted by atomic mass is 35.5. The fourth-order valence-corrected chi connectivity index (χ4v) is 1.47. The molecule has 0 spiro atoms. The highest BCUT2D eigenvalue weighted by Gasteiger charge is 2.10. The number of ketones is 1. The number of nitrogen functional groups attached to an aromatic ring is 1. The minimum atomic E-state index is 0.0877. The molecule has 14 heavy (non-hydrogen) atoms. The number of nitrogens with two attached hydrogens (primary N) is 1. The lowest BCUT2D eigenvalue weighted by atomic mass is 10.0. The number of carbonyl (C=O) groups is 1. The van der Waals surface area contributed by atoms with Crippen molar-refractivity contribution in [1.82, 2.24) is 0 Å². The normalized spacial score (nSPS) is 10.2. The molecule has 1 aromatic rings. The maximum atomic E-state index is 11.6. The molecule has 0 bridgehead atoms. The highest BCUT2D eigenvalue weighted by Crippen LogP contribution is 2.23. The lowest BCUT2D eigenvalue weighted by Crippen LogP contribution is -2.04. The first-order chi connectivity index (χ1) is 6.56. The quantitative estimate of drug-likeness (QED) is 0.616. The average molecular weight is 212 g/mol. The second-order valence-corrected chi connectivity index (χ2v) is 3.77. The molecule has 3 heteroatoms. The van der Waals surface area contributed by atoms with E-state index in [1.54, 1.807) is 12.1 Å². The van der Waals surface area contributed by atoms with E-state index >= 15 is 0 Å². The van der Waals surface area contributed by atoms with Crippen molar-refractivity contribution in [2.75, 3.05) is 5.73 Å². The third-order valence-electron chi connectivity index (χ3n) is 2.11. The molecule has 0 heterocycles. The van der Waals surface area contributed by atoms with Gasteiger partial charge in [0.1, 0.15) is 0 Å². The van der Waals surface area contributed by atoms with Crippen molar-refractivity contribution in [1.29, 1.82) is 0 Å². The highest BCUT2D eigenvalue weighted by molar-refractivity contribution is 6.31. The molecule has 0 saturated heterocycles. The topological polar surface area (TPSA) is 43.1 Å². The summed E-state index contributed by atoms with van der Waals surface area (Å²) in [4.78, 5) is 11.6. The van der Waals surface area contributed by atoms with Crippen LogP contribution in [-0.2, 0) is 0 Å². The molecule has 0 saturated carbocycles. The Morgan fingerprint density at radius 3 is 2.71 bits per heavy atom. The minimum Gasteiger partial charge on any atom is -0.398 e. The van der Waals surface area contributed by atoms with Gasteiger partial charge in [0.2, 0.25) is 0 Å². The van der Waals surface area contributed by atoms with Crippen molar-refractivity contribution in [3.05, 3.63) is 28.3 Å². The van der Waals surface area contributed by atoms with Crippen molar-refractivity contribution in [3.63, 3.8) is 0 Å². The molecule has 0 fully saturated rings. The summed E-state index contributed by atoms with van der Waals surface area (Å²) in [5.74, 6) is 0.0877. The molecular formula is C11H14ClNO. The van der Waals surface area contributed by atoms with E-state index in [4.69, 9.17) is 17.3 Å². The maximum absolute atomic E-state index is 11.6. The van der Waals surface area contributed by atoms with Crippen LogP contribution in [0.4, 0.5) is 5.69 Å². The molecule has 0 atom stereocenters. The van der Waals surface area contributed by atoms with Crippen LogP contribution in [0.15, 0.2) is 12.1 Å². The van der Waals surface area contributed by atoms with E-state index in [1.165, 1.54) is 0 Å². The molecule has 0 aliphatic rings. The summed E-state index contributed by atoms with van der Waals surface area (Å²) in [6.07, 6.45) is 1.37. The third kappa shape index (κ3) is 2.26. The van der Waals surface area contributed by atoms with E-state index in [0.717, 1.165) is 12.0 Å². The van der Waals surface area contributed by atoms with E-state index in [2.05, 4.69) is 0 Å². The van der Waals surface area contributed by atoms with Gasteiger partial charge in [0, 0.05) is 22.7 Å². The summed E-state index contributed by atoms with van der Waals surface area (Å²) in [5.41, 5.74) is 7.67. The SMILES string of the molecule is CCCC(=O)c1cc(C)c(Cl)cc1N. The Labute approximate surface area is 89.1 Å². The van der Waals surface area contributed by atoms with Gasteiger partial charge in [0.05, 0.1) is 0 Å². The van der Waals surface area contributed by atoms with Crippen LogP contribution in [0.25, 0.3) is 0 Å². The molecule has 1 aromatic carbocycles. The zero-order chi connectivity index (χ0) is 10.7. The van der Waals surface area contributed by atoms with E-state index in [-0.39, 0.29) is 5.78 Å². The van der Waals surface area contributed by atoms with E-state index < -0.39 is 0 Å². The number of benzene rings is 1. The van der Waals surface area contributed by atoms with Gasteiger partial charge in [-0.2, -0.15) is 0 Å². The Morgan fingerprint density at radius 2 is 2.14 bits per heavy atom. The zero-order valence-electron chi connectivity index (χ0n) is 8.43. The van der Waals surface area contributed by atoms with Gasteiger partial charge in [-0.15, -0.1) is 0 Å². The average Bonchev–Trinajstić information content (AvgIpc) is 2.11. The first-order valence-electron chi connectivity index (χ1n) is 4.65. The third-order valence-corrected chi connectivity index (χ3v) is 2.52. The van der Waals surface area contributed by atoms with Gasteiger partial charge in [-0.25, -0.2) is 0 Å². The summed E-state index contributed by atoms with van der Waals surface area (Å²) < 4.78 is 0. The molecule has 0 radical (unpaired) electrons. The number of halogens is 1. The fraction of sp³-hybridized carbons (Fsp3) is 0.364. The molecule has 2 nitrogen and oxygen atoms in total. The van der Waals surface area contributed by atoms with Crippen LogP contribution in [0.2, 0.25) is 5.02 Å². The van der Waals surface area contributed by atoms with Crippen molar-refractivity contribution < 1.29 is 4.79 Å².